The van der Waals surface area contributed by atoms with E-state index in [9.17, 15) is 0 Å². The summed E-state index contributed by atoms with van der Waals surface area (Å²) in [6, 6.07) is 1.92. The average molecular weight is 177 g/mol. The molecule has 2 aromatic rings. The van der Waals surface area contributed by atoms with Gasteiger partial charge in [-0.15, -0.1) is 0 Å². The van der Waals surface area contributed by atoms with Crippen LogP contribution in [-0.2, 0) is 0 Å². The van der Waals surface area contributed by atoms with Gasteiger partial charge >= 0.3 is 0 Å². The molecule has 0 saturated carbocycles. The van der Waals surface area contributed by atoms with Crippen LogP contribution in [0.3, 0.4) is 0 Å². The first-order valence-electron chi connectivity index (χ1n) is 4.21. The van der Waals surface area contributed by atoms with E-state index in [-0.39, 0.29) is 5.75 Å². The van der Waals surface area contributed by atoms with Crippen LogP contribution in [0.2, 0.25) is 0 Å². The van der Waals surface area contributed by atoms with E-state index in [0.717, 1.165) is 11.3 Å². The monoisotopic (exact) mass is 177 g/mol. The molecule has 2 aromatic heterocycles. The van der Waals surface area contributed by atoms with Crippen molar-refractivity contribution in [1.29, 1.82) is 0 Å². The van der Waals surface area contributed by atoms with Gasteiger partial charge in [0.25, 0.3) is 0 Å². The lowest BCUT2D eigenvalue weighted by atomic mass is 10.1. The molecule has 0 unspecified atom stereocenters. The van der Waals surface area contributed by atoms with Crippen LogP contribution < -0.4 is 0 Å². The summed E-state index contributed by atoms with van der Waals surface area (Å²) in [6.45, 7) is 4.14. The molecule has 0 bridgehead atoms. The Morgan fingerprint density at radius 2 is 2.23 bits per heavy atom. The zero-order valence-corrected chi connectivity index (χ0v) is 7.60. The third kappa shape index (κ3) is 1.35. The zero-order valence-electron chi connectivity index (χ0n) is 7.60. The number of aromatic hydroxyl groups is 1. The van der Waals surface area contributed by atoms with E-state index in [1.807, 2.05) is 6.07 Å². The molecule has 0 saturated heterocycles. The number of rotatable bonds is 1. The second-order valence-electron chi connectivity index (χ2n) is 3.34. The second kappa shape index (κ2) is 2.73. The van der Waals surface area contributed by atoms with Crippen molar-refractivity contribution >= 4 is 5.65 Å². The first-order valence-corrected chi connectivity index (χ1v) is 4.21. The molecule has 0 atom stereocenters. The molecule has 0 fully saturated rings. The van der Waals surface area contributed by atoms with Gasteiger partial charge in [-0.05, 0) is 5.92 Å². The van der Waals surface area contributed by atoms with Crippen LogP contribution >= 0.6 is 0 Å². The Morgan fingerprint density at radius 3 is 2.92 bits per heavy atom. The van der Waals surface area contributed by atoms with E-state index in [2.05, 4.69) is 23.9 Å². The van der Waals surface area contributed by atoms with E-state index in [4.69, 9.17) is 5.11 Å². The highest BCUT2D eigenvalue weighted by atomic mass is 16.3. The van der Waals surface area contributed by atoms with E-state index in [1.165, 1.54) is 6.20 Å². The molecule has 0 aliphatic heterocycles. The summed E-state index contributed by atoms with van der Waals surface area (Å²) in [4.78, 5) is 4.03. The normalized spacial score (nSPS) is 11.3. The Labute approximate surface area is 75.8 Å². The molecule has 4 nitrogen and oxygen atoms in total. The molecule has 13 heavy (non-hydrogen) atoms. The molecule has 4 heteroatoms. The summed E-state index contributed by atoms with van der Waals surface area (Å²) < 4.78 is 1.59. The molecule has 0 aliphatic carbocycles. The SMILES string of the molecule is CC(C)c1cc2ncc(O)cn2n1. The van der Waals surface area contributed by atoms with Gasteiger partial charge in [-0.3, -0.25) is 0 Å². The van der Waals surface area contributed by atoms with Gasteiger partial charge in [0, 0.05) is 6.07 Å². The fourth-order valence-corrected chi connectivity index (χ4v) is 1.17. The Balaban J connectivity index is 2.62. The van der Waals surface area contributed by atoms with E-state index in [0.29, 0.717) is 5.92 Å². The number of fused-ring (bicyclic) bond motifs is 1. The van der Waals surface area contributed by atoms with Crippen LogP contribution in [0.15, 0.2) is 18.5 Å². The van der Waals surface area contributed by atoms with Crippen LogP contribution in [0.25, 0.3) is 5.65 Å². The molecule has 0 amide bonds. The fraction of sp³-hybridized carbons (Fsp3) is 0.333. The minimum Gasteiger partial charge on any atom is -0.505 e. The molecular formula is C9H11N3O. The lowest BCUT2D eigenvalue weighted by Gasteiger charge is -1.95. The van der Waals surface area contributed by atoms with Crippen molar-refractivity contribution in [1.82, 2.24) is 14.6 Å². The van der Waals surface area contributed by atoms with E-state index < -0.39 is 0 Å². The molecule has 2 heterocycles. The molecule has 2 rings (SSSR count). The number of nitrogens with zero attached hydrogens (tertiary/aromatic N) is 3. The largest absolute Gasteiger partial charge is 0.505 e. The van der Waals surface area contributed by atoms with Crippen molar-refractivity contribution in [3.05, 3.63) is 24.2 Å². The molecule has 1 N–H and O–H groups in total. The molecule has 68 valence electrons. The van der Waals surface area contributed by atoms with Crippen molar-refractivity contribution < 1.29 is 5.11 Å². The van der Waals surface area contributed by atoms with E-state index in [1.54, 1.807) is 10.7 Å². The van der Waals surface area contributed by atoms with Gasteiger partial charge in [-0.2, -0.15) is 5.10 Å². The summed E-state index contributed by atoms with van der Waals surface area (Å²) in [6.07, 6.45) is 2.97. The number of hydrogen-bond acceptors (Lipinski definition) is 3. The topological polar surface area (TPSA) is 50.4 Å². The van der Waals surface area contributed by atoms with Crippen LogP contribution in [0.1, 0.15) is 25.5 Å². The predicted octanol–water partition coefficient (Wildman–Crippen LogP) is 1.56. The zero-order chi connectivity index (χ0) is 9.42. The highest BCUT2D eigenvalue weighted by molar-refractivity contribution is 5.40. The summed E-state index contributed by atoms with van der Waals surface area (Å²) in [7, 11) is 0. The Kier molecular flexibility index (Phi) is 1.69. The highest BCUT2D eigenvalue weighted by Crippen LogP contribution is 2.15. The van der Waals surface area contributed by atoms with Gasteiger partial charge in [0.2, 0.25) is 0 Å². The maximum Gasteiger partial charge on any atom is 0.155 e. The van der Waals surface area contributed by atoms with Gasteiger partial charge in [0.1, 0.15) is 0 Å². The Hall–Kier alpha value is -1.58. The van der Waals surface area contributed by atoms with Crippen molar-refractivity contribution in [3.8, 4) is 5.75 Å². The Morgan fingerprint density at radius 1 is 1.46 bits per heavy atom. The Bertz CT molecular complexity index is 433. The van der Waals surface area contributed by atoms with Crippen LogP contribution in [0.4, 0.5) is 0 Å². The number of hydrogen-bond donors (Lipinski definition) is 1. The molecule has 0 spiro atoms. The standard InChI is InChI=1S/C9H11N3O/c1-6(2)8-3-9-10-4-7(13)5-12(9)11-8/h3-6,13H,1-2H3. The smallest absolute Gasteiger partial charge is 0.155 e. The summed E-state index contributed by atoms with van der Waals surface area (Å²) in [5.41, 5.74) is 1.75. The van der Waals surface area contributed by atoms with Crippen molar-refractivity contribution in [2.75, 3.05) is 0 Å². The molecule has 0 radical (unpaired) electrons. The lowest BCUT2D eigenvalue weighted by molar-refractivity contribution is 0.467. The molecular weight excluding hydrogens is 166 g/mol. The van der Waals surface area contributed by atoms with Gasteiger partial charge in [0.15, 0.2) is 11.4 Å². The van der Waals surface area contributed by atoms with Gasteiger partial charge in [0.05, 0.1) is 18.1 Å². The van der Waals surface area contributed by atoms with E-state index >= 15 is 0 Å². The van der Waals surface area contributed by atoms with Gasteiger partial charge in [-0.25, -0.2) is 9.50 Å². The van der Waals surface area contributed by atoms with Crippen molar-refractivity contribution in [2.45, 2.75) is 19.8 Å². The number of aromatic nitrogens is 3. The van der Waals surface area contributed by atoms with Crippen molar-refractivity contribution in [3.63, 3.8) is 0 Å². The third-order valence-electron chi connectivity index (χ3n) is 1.91. The van der Waals surface area contributed by atoms with Crippen LogP contribution in [0, 0.1) is 0 Å². The first kappa shape index (κ1) is 8.04. The highest BCUT2D eigenvalue weighted by Gasteiger charge is 2.05. The summed E-state index contributed by atoms with van der Waals surface area (Å²) >= 11 is 0. The maximum atomic E-state index is 9.15. The van der Waals surface area contributed by atoms with Crippen LogP contribution in [-0.4, -0.2) is 19.7 Å². The van der Waals surface area contributed by atoms with Crippen molar-refractivity contribution in [2.24, 2.45) is 0 Å². The third-order valence-corrected chi connectivity index (χ3v) is 1.91. The molecule has 0 aromatic carbocycles. The van der Waals surface area contributed by atoms with Gasteiger partial charge < -0.3 is 5.11 Å². The lowest BCUT2D eigenvalue weighted by Crippen LogP contribution is -1.91. The molecule has 0 aliphatic rings. The predicted molar refractivity (Wildman–Crippen MR) is 48.7 cm³/mol. The first-order chi connectivity index (χ1) is 6.16. The average Bonchev–Trinajstić information content (AvgIpc) is 2.46. The minimum absolute atomic E-state index is 0.130. The summed E-state index contributed by atoms with van der Waals surface area (Å²) in [5, 5.41) is 13.4. The van der Waals surface area contributed by atoms with Gasteiger partial charge in [-0.1, -0.05) is 13.8 Å². The fourth-order valence-electron chi connectivity index (χ4n) is 1.17. The van der Waals surface area contributed by atoms with Crippen LogP contribution in [0.5, 0.6) is 5.75 Å². The summed E-state index contributed by atoms with van der Waals surface area (Å²) in [5.74, 6) is 0.509. The second-order valence-corrected chi connectivity index (χ2v) is 3.34. The maximum absolute atomic E-state index is 9.15. The minimum atomic E-state index is 0.130. The quantitative estimate of drug-likeness (QED) is 0.719.